The largest absolute Gasteiger partial charge is 0.381 e. The summed E-state index contributed by atoms with van der Waals surface area (Å²) in [4.78, 5) is 0. The van der Waals surface area contributed by atoms with Crippen LogP contribution in [0.3, 0.4) is 0 Å². The lowest BCUT2D eigenvalue weighted by molar-refractivity contribution is -0.157. The minimum absolute atomic E-state index is 0.211. The highest BCUT2D eigenvalue weighted by Gasteiger charge is 2.58. The molecule has 4 heteroatoms. The highest BCUT2D eigenvalue weighted by molar-refractivity contribution is 9.10. The van der Waals surface area contributed by atoms with Crippen LogP contribution in [0.2, 0.25) is 0 Å². The number of nitrogens with one attached hydrogen (secondary N) is 1. The van der Waals surface area contributed by atoms with Crippen LogP contribution in [-0.4, -0.2) is 18.8 Å². The molecule has 2 nitrogen and oxygen atoms in total. The molecular weight excluding hydrogens is 309 g/mol. The minimum Gasteiger partial charge on any atom is -0.381 e. The molecule has 1 aromatic rings. The van der Waals surface area contributed by atoms with Crippen molar-refractivity contribution in [2.75, 3.05) is 11.9 Å². The van der Waals surface area contributed by atoms with Crippen LogP contribution in [0.4, 0.5) is 10.1 Å². The Hall–Kier alpha value is -0.610. The van der Waals surface area contributed by atoms with Crippen molar-refractivity contribution in [3.05, 3.63) is 28.5 Å². The van der Waals surface area contributed by atoms with Crippen LogP contribution in [0.5, 0.6) is 0 Å². The Bertz CT molecular complexity index is 475. The zero-order valence-corrected chi connectivity index (χ0v) is 12.7. The summed E-state index contributed by atoms with van der Waals surface area (Å²) in [6, 6.07) is 5.27. The Morgan fingerprint density at radius 3 is 2.84 bits per heavy atom. The molecule has 1 spiro atoms. The van der Waals surface area contributed by atoms with E-state index in [-0.39, 0.29) is 5.82 Å². The molecule has 2 saturated carbocycles. The smallest absolute Gasteiger partial charge is 0.124 e. The van der Waals surface area contributed by atoms with Crippen LogP contribution in [0.25, 0.3) is 0 Å². The van der Waals surface area contributed by atoms with E-state index in [2.05, 4.69) is 28.2 Å². The van der Waals surface area contributed by atoms with E-state index in [0.717, 1.165) is 23.2 Å². The zero-order valence-electron chi connectivity index (χ0n) is 11.1. The van der Waals surface area contributed by atoms with E-state index in [1.54, 1.807) is 6.07 Å². The molecule has 0 heterocycles. The summed E-state index contributed by atoms with van der Waals surface area (Å²) in [7, 11) is 0. The molecule has 0 saturated heterocycles. The molecule has 104 valence electrons. The van der Waals surface area contributed by atoms with Gasteiger partial charge in [-0.2, -0.15) is 0 Å². The van der Waals surface area contributed by atoms with Crippen molar-refractivity contribution >= 4 is 21.6 Å². The maximum atomic E-state index is 13.1. The van der Waals surface area contributed by atoms with Gasteiger partial charge in [0.1, 0.15) is 5.82 Å². The molecule has 2 atom stereocenters. The van der Waals surface area contributed by atoms with Gasteiger partial charge in [0.2, 0.25) is 0 Å². The third kappa shape index (κ3) is 2.19. The van der Waals surface area contributed by atoms with Gasteiger partial charge in [-0.05, 0) is 60.3 Å². The second-order valence-corrected chi connectivity index (χ2v) is 6.44. The lowest BCUT2D eigenvalue weighted by Gasteiger charge is -2.61. The van der Waals surface area contributed by atoms with Crippen molar-refractivity contribution in [2.45, 2.75) is 44.8 Å². The molecule has 0 aromatic heterocycles. The number of hydrogen-bond acceptors (Lipinski definition) is 2. The van der Waals surface area contributed by atoms with Gasteiger partial charge in [0.15, 0.2) is 0 Å². The van der Waals surface area contributed by atoms with Gasteiger partial charge in [-0.1, -0.05) is 6.42 Å². The van der Waals surface area contributed by atoms with Crippen molar-refractivity contribution < 1.29 is 9.13 Å². The molecule has 3 rings (SSSR count). The third-order valence-electron chi connectivity index (χ3n) is 4.70. The molecule has 0 amide bonds. The number of benzene rings is 1. The first kappa shape index (κ1) is 13.4. The van der Waals surface area contributed by atoms with Crippen LogP contribution in [0.1, 0.15) is 32.6 Å². The van der Waals surface area contributed by atoms with Crippen molar-refractivity contribution in [3.8, 4) is 0 Å². The summed E-state index contributed by atoms with van der Waals surface area (Å²) in [6.07, 6.45) is 5.25. The molecule has 2 unspecified atom stereocenters. The maximum absolute atomic E-state index is 13.1. The van der Waals surface area contributed by atoms with E-state index in [1.807, 2.05) is 0 Å². The monoisotopic (exact) mass is 327 g/mol. The molecule has 0 radical (unpaired) electrons. The van der Waals surface area contributed by atoms with Crippen molar-refractivity contribution in [3.63, 3.8) is 0 Å². The fraction of sp³-hybridized carbons (Fsp3) is 0.600. The molecule has 1 N–H and O–H groups in total. The van der Waals surface area contributed by atoms with E-state index in [0.29, 0.717) is 17.6 Å². The normalized spacial score (nSPS) is 27.7. The van der Waals surface area contributed by atoms with Gasteiger partial charge in [0, 0.05) is 28.2 Å². The zero-order chi connectivity index (χ0) is 13.5. The van der Waals surface area contributed by atoms with Crippen LogP contribution < -0.4 is 5.32 Å². The van der Waals surface area contributed by atoms with Crippen LogP contribution in [0.15, 0.2) is 22.7 Å². The number of anilines is 1. The quantitative estimate of drug-likeness (QED) is 0.887. The van der Waals surface area contributed by atoms with Crippen molar-refractivity contribution in [2.24, 2.45) is 5.41 Å². The fourth-order valence-electron chi connectivity index (χ4n) is 3.43. The first-order valence-corrected chi connectivity index (χ1v) is 7.78. The van der Waals surface area contributed by atoms with Crippen LogP contribution in [0, 0.1) is 11.2 Å². The molecule has 0 aliphatic heterocycles. The van der Waals surface area contributed by atoms with E-state index < -0.39 is 0 Å². The summed E-state index contributed by atoms with van der Waals surface area (Å²) in [5.74, 6) is -0.211. The summed E-state index contributed by atoms with van der Waals surface area (Å²) < 4.78 is 19.7. The van der Waals surface area contributed by atoms with Gasteiger partial charge >= 0.3 is 0 Å². The highest BCUT2D eigenvalue weighted by atomic mass is 79.9. The number of halogens is 2. The second kappa shape index (κ2) is 5.06. The van der Waals surface area contributed by atoms with Gasteiger partial charge in [-0.15, -0.1) is 0 Å². The van der Waals surface area contributed by atoms with E-state index in [1.165, 1.54) is 31.4 Å². The lowest BCUT2D eigenvalue weighted by Crippen LogP contribution is -2.64. The summed E-state index contributed by atoms with van der Waals surface area (Å²) in [5.41, 5.74) is 1.30. The van der Waals surface area contributed by atoms with Gasteiger partial charge in [0.25, 0.3) is 0 Å². The van der Waals surface area contributed by atoms with E-state index in [9.17, 15) is 4.39 Å². The minimum atomic E-state index is -0.211. The molecule has 2 aliphatic rings. The van der Waals surface area contributed by atoms with Crippen molar-refractivity contribution in [1.82, 2.24) is 0 Å². The average Bonchev–Trinajstić information content (AvgIpc) is 2.28. The summed E-state index contributed by atoms with van der Waals surface area (Å²) >= 11 is 3.42. The second-order valence-electron chi connectivity index (χ2n) is 5.59. The van der Waals surface area contributed by atoms with Gasteiger partial charge in [0.05, 0.1) is 6.10 Å². The van der Waals surface area contributed by atoms with Gasteiger partial charge < -0.3 is 10.1 Å². The van der Waals surface area contributed by atoms with E-state index in [4.69, 9.17) is 4.74 Å². The Balaban J connectivity index is 1.71. The average molecular weight is 328 g/mol. The highest BCUT2D eigenvalue weighted by Crippen LogP contribution is 2.58. The Morgan fingerprint density at radius 2 is 2.26 bits per heavy atom. The van der Waals surface area contributed by atoms with Gasteiger partial charge in [-0.3, -0.25) is 0 Å². The summed E-state index contributed by atoms with van der Waals surface area (Å²) in [6.45, 7) is 2.85. The first-order chi connectivity index (χ1) is 9.15. The molecule has 2 aliphatic carbocycles. The molecule has 1 aromatic carbocycles. The Morgan fingerprint density at radius 1 is 1.47 bits per heavy atom. The predicted octanol–water partition coefficient (Wildman–Crippen LogP) is 4.35. The fourth-order valence-corrected chi connectivity index (χ4v) is 3.90. The van der Waals surface area contributed by atoms with Gasteiger partial charge in [-0.25, -0.2) is 4.39 Å². The Kier molecular flexibility index (Phi) is 3.56. The SMILES string of the molecule is CCOC1CC(Nc2ccc(F)cc2Br)C12CCC2. The third-order valence-corrected chi connectivity index (χ3v) is 5.35. The standard InChI is InChI=1S/C15H19BrFNO/c1-2-19-14-9-13(15(14)6-3-7-15)18-12-5-4-10(17)8-11(12)16/h4-5,8,13-14,18H,2-3,6-7,9H2,1H3. The topological polar surface area (TPSA) is 21.3 Å². The number of hydrogen-bond donors (Lipinski definition) is 1. The molecule has 2 fully saturated rings. The number of ether oxygens (including phenoxy) is 1. The number of rotatable bonds is 4. The summed E-state index contributed by atoms with van der Waals surface area (Å²) in [5, 5.41) is 3.56. The van der Waals surface area contributed by atoms with Crippen molar-refractivity contribution in [1.29, 1.82) is 0 Å². The van der Waals surface area contributed by atoms with Crippen LogP contribution in [-0.2, 0) is 4.74 Å². The van der Waals surface area contributed by atoms with Crippen LogP contribution >= 0.6 is 15.9 Å². The molecule has 19 heavy (non-hydrogen) atoms. The first-order valence-electron chi connectivity index (χ1n) is 6.99. The predicted molar refractivity (Wildman–Crippen MR) is 77.8 cm³/mol. The Labute approximate surface area is 121 Å². The lowest BCUT2D eigenvalue weighted by atomic mass is 9.51. The molecular formula is C15H19BrFNO. The maximum Gasteiger partial charge on any atom is 0.124 e. The van der Waals surface area contributed by atoms with E-state index >= 15 is 0 Å². The molecule has 0 bridgehead atoms.